The Morgan fingerprint density at radius 3 is 2.65 bits per heavy atom. The van der Waals surface area contributed by atoms with Gasteiger partial charge in [0.25, 0.3) is 0 Å². The van der Waals surface area contributed by atoms with Crippen LogP contribution in [0, 0.1) is 6.92 Å². The fourth-order valence-corrected chi connectivity index (χ4v) is 3.54. The van der Waals surface area contributed by atoms with Gasteiger partial charge in [0.05, 0.1) is 18.8 Å². The summed E-state index contributed by atoms with van der Waals surface area (Å²) in [4.78, 5) is 0. The molecule has 0 radical (unpaired) electrons. The van der Waals surface area contributed by atoms with E-state index in [1.54, 1.807) is 7.11 Å². The SMILES string of the molecule is COc1ccc(C2CCc3cc(C)cc(Br)c3N2)cc1. The van der Waals surface area contributed by atoms with E-state index in [2.05, 4.69) is 52.4 Å². The standard InChI is InChI=1S/C17H18BrNO/c1-11-9-13-5-8-16(19-17(13)15(18)10-11)12-3-6-14(20-2)7-4-12/h3-4,6-7,9-10,16,19H,5,8H2,1-2H3. The third-order valence-corrected chi connectivity index (χ3v) is 4.48. The van der Waals surface area contributed by atoms with Gasteiger partial charge >= 0.3 is 0 Å². The van der Waals surface area contributed by atoms with E-state index in [0.29, 0.717) is 6.04 Å². The predicted molar refractivity (Wildman–Crippen MR) is 86.6 cm³/mol. The summed E-state index contributed by atoms with van der Waals surface area (Å²) in [6.07, 6.45) is 2.23. The largest absolute Gasteiger partial charge is 0.497 e. The highest BCUT2D eigenvalue weighted by Gasteiger charge is 2.21. The molecule has 2 nitrogen and oxygen atoms in total. The Bertz CT molecular complexity index is 622. The van der Waals surface area contributed by atoms with Crippen molar-refractivity contribution >= 4 is 21.6 Å². The van der Waals surface area contributed by atoms with Crippen LogP contribution in [0.25, 0.3) is 0 Å². The Hall–Kier alpha value is -1.48. The van der Waals surface area contributed by atoms with Crippen molar-refractivity contribution in [3.63, 3.8) is 0 Å². The van der Waals surface area contributed by atoms with Crippen LogP contribution in [0.3, 0.4) is 0 Å². The molecule has 0 aromatic heterocycles. The normalized spacial score (nSPS) is 17.2. The third-order valence-electron chi connectivity index (χ3n) is 3.86. The molecule has 1 unspecified atom stereocenters. The van der Waals surface area contributed by atoms with Crippen LogP contribution in [0.1, 0.15) is 29.2 Å². The molecule has 1 heterocycles. The summed E-state index contributed by atoms with van der Waals surface area (Å²) in [5.74, 6) is 0.904. The maximum absolute atomic E-state index is 5.22. The number of fused-ring (bicyclic) bond motifs is 1. The third kappa shape index (κ3) is 2.55. The molecule has 0 saturated heterocycles. The van der Waals surface area contributed by atoms with Gasteiger partial charge in [-0.05, 0) is 70.6 Å². The van der Waals surface area contributed by atoms with E-state index in [1.807, 2.05) is 12.1 Å². The van der Waals surface area contributed by atoms with Crippen molar-refractivity contribution in [3.05, 3.63) is 57.6 Å². The number of anilines is 1. The molecule has 0 aliphatic carbocycles. The first kappa shape index (κ1) is 13.5. The van der Waals surface area contributed by atoms with Crippen LogP contribution in [0.15, 0.2) is 40.9 Å². The Labute approximate surface area is 128 Å². The molecular formula is C17H18BrNO. The molecule has 2 aromatic carbocycles. The van der Waals surface area contributed by atoms with Gasteiger partial charge in [0.2, 0.25) is 0 Å². The summed E-state index contributed by atoms with van der Waals surface area (Å²) in [7, 11) is 1.70. The minimum absolute atomic E-state index is 0.368. The van der Waals surface area contributed by atoms with Crippen molar-refractivity contribution in [1.82, 2.24) is 0 Å². The van der Waals surface area contributed by atoms with E-state index in [1.165, 1.54) is 22.4 Å². The topological polar surface area (TPSA) is 21.3 Å². The predicted octanol–water partition coefficient (Wildman–Crippen LogP) is 4.87. The second-order valence-corrected chi connectivity index (χ2v) is 6.14. The van der Waals surface area contributed by atoms with Crippen molar-refractivity contribution in [3.8, 4) is 5.75 Å². The number of ether oxygens (including phenoxy) is 1. The summed E-state index contributed by atoms with van der Waals surface area (Å²) < 4.78 is 6.38. The highest BCUT2D eigenvalue weighted by atomic mass is 79.9. The van der Waals surface area contributed by atoms with Crippen LogP contribution in [-0.2, 0) is 6.42 Å². The number of methoxy groups -OCH3 is 1. The van der Waals surface area contributed by atoms with Crippen molar-refractivity contribution in [1.29, 1.82) is 0 Å². The number of rotatable bonds is 2. The molecule has 3 rings (SSSR count). The van der Waals surface area contributed by atoms with E-state index >= 15 is 0 Å². The van der Waals surface area contributed by atoms with Gasteiger partial charge in [0.1, 0.15) is 5.75 Å². The van der Waals surface area contributed by atoms with Crippen LogP contribution in [0.4, 0.5) is 5.69 Å². The van der Waals surface area contributed by atoms with E-state index in [4.69, 9.17) is 4.74 Å². The number of halogens is 1. The highest BCUT2D eigenvalue weighted by Crippen LogP contribution is 2.38. The van der Waals surface area contributed by atoms with Gasteiger partial charge in [-0.3, -0.25) is 0 Å². The van der Waals surface area contributed by atoms with Gasteiger partial charge in [-0.2, -0.15) is 0 Å². The van der Waals surface area contributed by atoms with Crippen molar-refractivity contribution in [2.24, 2.45) is 0 Å². The fourth-order valence-electron chi connectivity index (χ4n) is 2.81. The molecular weight excluding hydrogens is 314 g/mol. The quantitative estimate of drug-likeness (QED) is 0.847. The van der Waals surface area contributed by atoms with Crippen LogP contribution in [0.5, 0.6) is 5.75 Å². The summed E-state index contributed by atoms with van der Waals surface area (Å²) in [5.41, 5.74) is 5.26. The molecule has 104 valence electrons. The van der Waals surface area contributed by atoms with Gasteiger partial charge in [0, 0.05) is 4.47 Å². The number of aryl methyl sites for hydroxylation is 2. The second-order valence-electron chi connectivity index (χ2n) is 5.29. The lowest BCUT2D eigenvalue weighted by Crippen LogP contribution is -2.18. The minimum atomic E-state index is 0.368. The van der Waals surface area contributed by atoms with E-state index in [0.717, 1.165) is 23.1 Å². The number of benzene rings is 2. The van der Waals surface area contributed by atoms with E-state index in [-0.39, 0.29) is 0 Å². The summed E-state index contributed by atoms with van der Waals surface area (Å²) in [6.45, 7) is 2.14. The Balaban J connectivity index is 1.87. The van der Waals surface area contributed by atoms with Crippen LogP contribution in [0.2, 0.25) is 0 Å². The Morgan fingerprint density at radius 2 is 1.95 bits per heavy atom. The highest BCUT2D eigenvalue weighted by molar-refractivity contribution is 9.10. The zero-order valence-electron chi connectivity index (χ0n) is 11.7. The van der Waals surface area contributed by atoms with Gasteiger partial charge in [-0.1, -0.05) is 18.2 Å². The second kappa shape index (κ2) is 5.49. The zero-order valence-corrected chi connectivity index (χ0v) is 13.3. The first-order chi connectivity index (χ1) is 9.67. The smallest absolute Gasteiger partial charge is 0.118 e. The van der Waals surface area contributed by atoms with Gasteiger partial charge in [-0.15, -0.1) is 0 Å². The lowest BCUT2D eigenvalue weighted by Gasteiger charge is -2.29. The Kier molecular flexibility index (Phi) is 3.70. The van der Waals surface area contributed by atoms with Crippen molar-refractivity contribution in [2.75, 3.05) is 12.4 Å². The average molecular weight is 332 g/mol. The molecule has 20 heavy (non-hydrogen) atoms. The van der Waals surface area contributed by atoms with Crippen molar-refractivity contribution in [2.45, 2.75) is 25.8 Å². The summed E-state index contributed by atoms with van der Waals surface area (Å²) >= 11 is 3.67. The number of hydrogen-bond donors (Lipinski definition) is 1. The molecule has 0 saturated carbocycles. The molecule has 3 heteroatoms. The molecule has 2 aromatic rings. The summed E-state index contributed by atoms with van der Waals surface area (Å²) in [6, 6.07) is 13.1. The first-order valence-corrected chi connectivity index (χ1v) is 7.66. The molecule has 0 fully saturated rings. The first-order valence-electron chi connectivity index (χ1n) is 6.87. The van der Waals surface area contributed by atoms with E-state index in [9.17, 15) is 0 Å². The fraction of sp³-hybridized carbons (Fsp3) is 0.294. The van der Waals surface area contributed by atoms with Crippen LogP contribution < -0.4 is 10.1 Å². The lowest BCUT2D eigenvalue weighted by atomic mass is 9.92. The summed E-state index contributed by atoms with van der Waals surface area (Å²) in [5, 5.41) is 3.66. The number of hydrogen-bond acceptors (Lipinski definition) is 2. The van der Waals surface area contributed by atoms with Crippen LogP contribution in [-0.4, -0.2) is 7.11 Å². The van der Waals surface area contributed by atoms with Gasteiger partial charge in [-0.25, -0.2) is 0 Å². The number of nitrogens with one attached hydrogen (secondary N) is 1. The molecule has 0 amide bonds. The zero-order chi connectivity index (χ0) is 14.1. The molecule has 1 aliphatic heterocycles. The monoisotopic (exact) mass is 331 g/mol. The molecule has 1 aliphatic rings. The minimum Gasteiger partial charge on any atom is -0.497 e. The molecule has 0 bridgehead atoms. The van der Waals surface area contributed by atoms with Gasteiger partial charge in [0.15, 0.2) is 0 Å². The maximum atomic E-state index is 5.22. The molecule has 0 spiro atoms. The molecule has 1 N–H and O–H groups in total. The average Bonchev–Trinajstić information content (AvgIpc) is 2.47. The van der Waals surface area contributed by atoms with Crippen molar-refractivity contribution < 1.29 is 4.74 Å². The van der Waals surface area contributed by atoms with Gasteiger partial charge < -0.3 is 10.1 Å². The lowest BCUT2D eigenvalue weighted by molar-refractivity contribution is 0.414. The van der Waals surface area contributed by atoms with Crippen LogP contribution >= 0.6 is 15.9 Å². The molecule has 1 atom stereocenters. The maximum Gasteiger partial charge on any atom is 0.118 e. The van der Waals surface area contributed by atoms with E-state index < -0.39 is 0 Å². The Morgan fingerprint density at radius 1 is 1.20 bits per heavy atom.